The second-order valence-corrected chi connectivity index (χ2v) is 7.71. The van der Waals surface area contributed by atoms with Crippen LogP contribution in [0.3, 0.4) is 0 Å². The molecule has 9 heteroatoms. The third kappa shape index (κ3) is 3.42. The molecule has 1 aliphatic heterocycles. The number of para-hydroxylation sites is 2. The maximum atomic E-state index is 12.8. The van der Waals surface area contributed by atoms with E-state index in [1.165, 1.54) is 25.6 Å². The van der Waals surface area contributed by atoms with Crippen LogP contribution in [0.25, 0.3) is 0 Å². The van der Waals surface area contributed by atoms with Crippen molar-refractivity contribution in [3.63, 3.8) is 0 Å². The normalized spacial score (nSPS) is 19.2. The molecule has 152 valence electrons. The Morgan fingerprint density at radius 3 is 2.62 bits per heavy atom. The summed E-state index contributed by atoms with van der Waals surface area (Å²) in [6.45, 7) is 0.0479. The molecule has 1 aromatic carbocycles. The van der Waals surface area contributed by atoms with Crippen LogP contribution in [0.2, 0.25) is 0 Å². The van der Waals surface area contributed by atoms with Gasteiger partial charge in [0, 0.05) is 4.88 Å². The van der Waals surface area contributed by atoms with Crippen molar-refractivity contribution >= 4 is 34.2 Å². The van der Waals surface area contributed by atoms with Crippen molar-refractivity contribution in [3.05, 3.63) is 40.3 Å². The Hall–Kier alpha value is -3.07. The zero-order valence-electron chi connectivity index (χ0n) is 15.9. The van der Waals surface area contributed by atoms with Gasteiger partial charge in [0.1, 0.15) is 11.6 Å². The fourth-order valence-electron chi connectivity index (χ4n) is 3.58. The number of aryl methyl sites for hydroxylation is 1. The summed E-state index contributed by atoms with van der Waals surface area (Å²) < 4.78 is 21.1. The average molecular weight is 417 g/mol. The second kappa shape index (κ2) is 7.75. The highest BCUT2D eigenvalue weighted by Gasteiger charge is 2.39. The van der Waals surface area contributed by atoms with E-state index in [0.29, 0.717) is 34.9 Å². The summed E-state index contributed by atoms with van der Waals surface area (Å²) in [5.41, 5.74) is 0.779. The van der Waals surface area contributed by atoms with Gasteiger partial charge in [-0.05, 0) is 30.5 Å². The van der Waals surface area contributed by atoms with E-state index in [-0.39, 0.29) is 12.2 Å². The molecule has 2 heterocycles. The van der Waals surface area contributed by atoms with Crippen LogP contribution in [0.15, 0.2) is 24.3 Å². The smallest absolute Gasteiger partial charge is 0.341 e. The molecule has 0 spiro atoms. The third-order valence-corrected chi connectivity index (χ3v) is 6.12. The van der Waals surface area contributed by atoms with Gasteiger partial charge in [0.05, 0.1) is 25.7 Å². The first-order valence-electron chi connectivity index (χ1n) is 9.04. The highest BCUT2D eigenvalue weighted by Crippen LogP contribution is 2.46. The van der Waals surface area contributed by atoms with Gasteiger partial charge in [-0.15, -0.1) is 11.3 Å². The molecule has 8 nitrogen and oxygen atoms in total. The summed E-state index contributed by atoms with van der Waals surface area (Å²) in [6.07, 6.45) is 0.307. The molecule has 0 saturated heterocycles. The maximum absolute atomic E-state index is 12.8. The van der Waals surface area contributed by atoms with Crippen molar-refractivity contribution in [1.29, 1.82) is 0 Å². The van der Waals surface area contributed by atoms with Gasteiger partial charge in [-0.25, -0.2) is 4.79 Å². The van der Waals surface area contributed by atoms with Gasteiger partial charge in [-0.1, -0.05) is 12.1 Å². The number of hydrogen-bond donors (Lipinski definition) is 1. The zero-order valence-corrected chi connectivity index (χ0v) is 16.7. The van der Waals surface area contributed by atoms with E-state index in [1.54, 1.807) is 18.2 Å². The van der Waals surface area contributed by atoms with Gasteiger partial charge in [-0.2, -0.15) is 0 Å². The van der Waals surface area contributed by atoms with E-state index in [2.05, 4.69) is 5.32 Å². The molecule has 4 rings (SSSR count). The van der Waals surface area contributed by atoms with E-state index in [4.69, 9.17) is 18.9 Å². The number of carbonyl (C=O) groups excluding carboxylic acids is 3. The molecule has 2 atom stereocenters. The molecule has 2 aromatic rings. The number of fused-ring (bicyclic) bond motifs is 2. The molecule has 1 amide bonds. The molecule has 2 aliphatic rings. The van der Waals surface area contributed by atoms with Crippen molar-refractivity contribution in [2.75, 3.05) is 26.1 Å². The Balaban J connectivity index is 1.60. The highest BCUT2D eigenvalue weighted by atomic mass is 32.1. The SMILES string of the molecule is COC(=O)c1c(NC(=O)[C@@H]2COc3ccccc3O2)sc2c1[C@H](C(=O)OC)CC2. The predicted molar refractivity (Wildman–Crippen MR) is 104 cm³/mol. The van der Waals surface area contributed by atoms with Crippen LogP contribution in [0.1, 0.15) is 33.1 Å². The number of anilines is 1. The number of ether oxygens (including phenoxy) is 4. The molecule has 1 aromatic heterocycles. The highest BCUT2D eigenvalue weighted by molar-refractivity contribution is 7.17. The minimum absolute atomic E-state index is 0.0479. The van der Waals surface area contributed by atoms with Crippen LogP contribution < -0.4 is 14.8 Å². The monoisotopic (exact) mass is 417 g/mol. The average Bonchev–Trinajstić information content (AvgIpc) is 3.31. The van der Waals surface area contributed by atoms with E-state index >= 15 is 0 Å². The van der Waals surface area contributed by atoms with Crippen LogP contribution in [-0.2, 0) is 25.5 Å². The van der Waals surface area contributed by atoms with E-state index in [9.17, 15) is 14.4 Å². The number of benzene rings is 1. The molecule has 0 unspecified atom stereocenters. The Morgan fingerprint density at radius 2 is 1.90 bits per heavy atom. The lowest BCUT2D eigenvalue weighted by Gasteiger charge is -2.25. The topological polar surface area (TPSA) is 100 Å². The third-order valence-electron chi connectivity index (χ3n) is 4.94. The predicted octanol–water partition coefficient (Wildman–Crippen LogP) is 2.52. The van der Waals surface area contributed by atoms with Gasteiger partial charge in [0.2, 0.25) is 6.10 Å². The Morgan fingerprint density at radius 1 is 1.14 bits per heavy atom. The van der Waals surface area contributed by atoms with Crippen molar-refractivity contribution in [3.8, 4) is 11.5 Å². The van der Waals surface area contributed by atoms with Gasteiger partial charge in [0.15, 0.2) is 11.5 Å². The summed E-state index contributed by atoms with van der Waals surface area (Å²) in [7, 11) is 2.57. The van der Waals surface area contributed by atoms with E-state index < -0.39 is 29.9 Å². The Bertz CT molecular complexity index is 983. The number of hydrogen-bond acceptors (Lipinski definition) is 8. The molecule has 1 aliphatic carbocycles. The molecule has 0 bridgehead atoms. The van der Waals surface area contributed by atoms with Crippen LogP contribution in [-0.4, -0.2) is 44.8 Å². The Labute approximate surface area is 170 Å². The van der Waals surface area contributed by atoms with Gasteiger partial charge < -0.3 is 24.3 Å². The van der Waals surface area contributed by atoms with E-state index in [1.807, 2.05) is 6.07 Å². The number of amides is 1. The molecule has 1 N–H and O–H groups in total. The number of nitrogens with one attached hydrogen (secondary N) is 1. The number of esters is 2. The molecule has 0 radical (unpaired) electrons. The first-order valence-corrected chi connectivity index (χ1v) is 9.86. The van der Waals surface area contributed by atoms with Crippen LogP contribution in [0, 0.1) is 0 Å². The largest absolute Gasteiger partial charge is 0.485 e. The lowest BCUT2D eigenvalue weighted by molar-refractivity contribution is -0.142. The maximum Gasteiger partial charge on any atom is 0.341 e. The van der Waals surface area contributed by atoms with Crippen molar-refractivity contribution < 1.29 is 33.3 Å². The molecular formula is C20H19NO7S. The summed E-state index contributed by atoms with van der Waals surface area (Å²) in [4.78, 5) is 38.2. The molecule has 29 heavy (non-hydrogen) atoms. The van der Waals surface area contributed by atoms with E-state index in [0.717, 1.165) is 4.88 Å². The van der Waals surface area contributed by atoms with Gasteiger partial charge >= 0.3 is 11.9 Å². The number of thiophene rings is 1. The second-order valence-electron chi connectivity index (χ2n) is 6.60. The summed E-state index contributed by atoms with van der Waals surface area (Å²) in [5, 5.41) is 3.09. The van der Waals surface area contributed by atoms with Crippen LogP contribution in [0.4, 0.5) is 5.00 Å². The quantitative estimate of drug-likeness (QED) is 0.763. The van der Waals surface area contributed by atoms with Gasteiger partial charge in [0.25, 0.3) is 5.91 Å². The van der Waals surface area contributed by atoms with Crippen LogP contribution in [0.5, 0.6) is 11.5 Å². The van der Waals surface area contributed by atoms with Crippen LogP contribution >= 0.6 is 11.3 Å². The summed E-state index contributed by atoms with van der Waals surface area (Å²) in [6, 6.07) is 7.08. The number of methoxy groups -OCH3 is 2. The lowest BCUT2D eigenvalue weighted by Crippen LogP contribution is -2.40. The minimum atomic E-state index is -0.872. The van der Waals surface area contributed by atoms with Gasteiger partial charge in [-0.3, -0.25) is 9.59 Å². The molecular weight excluding hydrogens is 398 g/mol. The standard InChI is InChI=1S/C20H19NO7S/c1-25-19(23)10-7-8-14-15(10)16(20(24)26-2)18(29-14)21-17(22)13-9-27-11-5-3-4-6-12(11)28-13/h3-6,10,13H,7-9H2,1-2H3,(H,21,22)/t10-,13+/m1/s1. The van der Waals surface area contributed by atoms with Crippen molar-refractivity contribution in [2.24, 2.45) is 0 Å². The fraction of sp³-hybridized carbons (Fsp3) is 0.350. The molecule has 0 fully saturated rings. The van der Waals surface area contributed by atoms with Crippen molar-refractivity contribution in [2.45, 2.75) is 24.9 Å². The zero-order chi connectivity index (χ0) is 20.5. The molecule has 0 saturated carbocycles. The number of carbonyl (C=O) groups is 3. The first-order chi connectivity index (χ1) is 14.0. The first kappa shape index (κ1) is 19.3. The summed E-state index contributed by atoms with van der Waals surface area (Å²) in [5.74, 6) is -0.967. The minimum Gasteiger partial charge on any atom is -0.485 e. The Kier molecular flexibility index (Phi) is 5.14. The lowest BCUT2D eigenvalue weighted by atomic mass is 9.99. The number of rotatable bonds is 4. The van der Waals surface area contributed by atoms with Crippen molar-refractivity contribution in [1.82, 2.24) is 0 Å². The summed E-state index contributed by atoms with van der Waals surface area (Å²) >= 11 is 1.26. The fourth-order valence-corrected chi connectivity index (χ4v) is 4.84.